The summed E-state index contributed by atoms with van der Waals surface area (Å²) >= 11 is 0. The molecule has 6 heteroatoms. The molecule has 2 aromatic rings. The van der Waals surface area contributed by atoms with E-state index in [4.69, 9.17) is 15.9 Å². The van der Waals surface area contributed by atoms with E-state index in [0.717, 1.165) is 16.7 Å². The van der Waals surface area contributed by atoms with Gasteiger partial charge >= 0.3 is 0 Å². The number of ether oxygens (including phenoxy) is 1. The summed E-state index contributed by atoms with van der Waals surface area (Å²) in [5.41, 5.74) is 9.06. The molecule has 0 aliphatic rings. The van der Waals surface area contributed by atoms with E-state index in [2.05, 4.69) is 11.2 Å². The van der Waals surface area contributed by atoms with Gasteiger partial charge in [0.25, 0.3) is 5.56 Å². The van der Waals surface area contributed by atoms with Crippen molar-refractivity contribution >= 4 is 5.84 Å². The van der Waals surface area contributed by atoms with E-state index in [-0.39, 0.29) is 17.0 Å². The van der Waals surface area contributed by atoms with E-state index in [0.29, 0.717) is 18.8 Å². The number of aryl methyl sites for hydroxylation is 2. The highest BCUT2D eigenvalue weighted by Gasteiger charge is 2.13. The topological polar surface area (TPSA) is 94.0 Å². The molecule has 6 nitrogen and oxygen atoms in total. The molecule has 3 N–H and O–H groups in total. The summed E-state index contributed by atoms with van der Waals surface area (Å²) in [4.78, 5) is 12.3. The van der Waals surface area contributed by atoms with Crippen molar-refractivity contribution in [2.45, 2.75) is 20.4 Å². The van der Waals surface area contributed by atoms with Gasteiger partial charge in [-0.25, -0.2) is 4.68 Å². The molecular formula is C16H20N4O2. The number of rotatable bonds is 5. The lowest BCUT2D eigenvalue weighted by Crippen LogP contribution is -2.32. The van der Waals surface area contributed by atoms with Crippen molar-refractivity contribution in [3.63, 3.8) is 0 Å². The molecule has 0 bridgehead atoms. The number of methoxy groups -OCH3 is 1. The molecule has 22 heavy (non-hydrogen) atoms. The number of nitrogens with zero attached hydrogens (tertiary/aromatic N) is 2. The lowest BCUT2D eigenvalue weighted by atomic mass is 10.0. The largest absolute Gasteiger partial charge is 0.384 e. The van der Waals surface area contributed by atoms with Crippen molar-refractivity contribution in [2.75, 3.05) is 13.7 Å². The van der Waals surface area contributed by atoms with Gasteiger partial charge in [0, 0.05) is 12.7 Å². The van der Waals surface area contributed by atoms with Crippen LogP contribution < -0.4 is 11.3 Å². The fourth-order valence-corrected chi connectivity index (χ4v) is 2.30. The Bertz CT molecular complexity index is 765. The van der Waals surface area contributed by atoms with Crippen LogP contribution in [0.5, 0.6) is 0 Å². The van der Waals surface area contributed by atoms with Crippen molar-refractivity contribution in [3.8, 4) is 11.3 Å². The summed E-state index contributed by atoms with van der Waals surface area (Å²) in [6.45, 7) is 4.68. The number of aromatic nitrogens is 2. The summed E-state index contributed by atoms with van der Waals surface area (Å²) in [5.74, 6) is -0.260. The van der Waals surface area contributed by atoms with Crippen molar-refractivity contribution in [1.82, 2.24) is 9.78 Å². The maximum absolute atomic E-state index is 12.3. The van der Waals surface area contributed by atoms with Crippen LogP contribution in [-0.4, -0.2) is 29.3 Å². The summed E-state index contributed by atoms with van der Waals surface area (Å²) in [7, 11) is 1.56. The lowest BCUT2D eigenvalue weighted by Gasteiger charge is -2.12. The van der Waals surface area contributed by atoms with Gasteiger partial charge in [-0.05, 0) is 25.5 Å². The van der Waals surface area contributed by atoms with Gasteiger partial charge < -0.3 is 10.5 Å². The zero-order valence-corrected chi connectivity index (χ0v) is 13.0. The second-order valence-corrected chi connectivity index (χ2v) is 5.20. The Kier molecular flexibility index (Phi) is 4.72. The Morgan fingerprint density at radius 1 is 1.36 bits per heavy atom. The van der Waals surface area contributed by atoms with Crippen LogP contribution in [0.3, 0.4) is 0 Å². The monoisotopic (exact) mass is 300 g/mol. The van der Waals surface area contributed by atoms with Crippen LogP contribution in [0, 0.1) is 19.3 Å². The first-order valence-corrected chi connectivity index (χ1v) is 6.97. The third-order valence-corrected chi connectivity index (χ3v) is 3.43. The highest BCUT2D eigenvalue weighted by atomic mass is 16.5. The smallest absolute Gasteiger partial charge is 0.277 e. The zero-order chi connectivity index (χ0) is 16.3. The van der Waals surface area contributed by atoms with Gasteiger partial charge in [0.05, 0.1) is 24.4 Å². The van der Waals surface area contributed by atoms with Crippen molar-refractivity contribution < 1.29 is 4.74 Å². The lowest BCUT2D eigenvalue weighted by molar-refractivity contribution is 0.182. The van der Waals surface area contributed by atoms with Crippen LogP contribution in [0.15, 0.2) is 29.1 Å². The fourth-order valence-electron chi connectivity index (χ4n) is 2.30. The Hall–Kier alpha value is -2.47. The standard InChI is InChI=1S/C16H20N4O2/c1-10-4-5-12(11(2)8-10)14-9-13(15(17)18)16(21)20(19-14)6-7-22-3/h4-5,8-9H,6-7H2,1-3H3,(H3,17,18). The molecule has 0 spiro atoms. The van der Waals surface area contributed by atoms with E-state index in [1.807, 2.05) is 26.0 Å². The van der Waals surface area contributed by atoms with Gasteiger partial charge in [0.15, 0.2) is 0 Å². The van der Waals surface area contributed by atoms with E-state index in [1.165, 1.54) is 4.68 Å². The third kappa shape index (κ3) is 3.23. The number of nitrogens with one attached hydrogen (secondary N) is 1. The molecule has 0 radical (unpaired) electrons. The van der Waals surface area contributed by atoms with Gasteiger partial charge in [-0.15, -0.1) is 0 Å². The Morgan fingerprint density at radius 2 is 2.09 bits per heavy atom. The first kappa shape index (κ1) is 15.9. The molecule has 1 aromatic carbocycles. The van der Waals surface area contributed by atoms with E-state index < -0.39 is 0 Å². The molecule has 1 heterocycles. The first-order valence-electron chi connectivity index (χ1n) is 6.97. The number of hydrogen-bond donors (Lipinski definition) is 2. The van der Waals surface area contributed by atoms with Crippen LogP contribution in [0.1, 0.15) is 16.7 Å². The Balaban J connectivity index is 2.62. The average molecular weight is 300 g/mol. The molecule has 116 valence electrons. The zero-order valence-electron chi connectivity index (χ0n) is 13.0. The number of nitrogens with two attached hydrogens (primary N) is 1. The molecule has 2 rings (SSSR count). The molecule has 0 atom stereocenters. The summed E-state index contributed by atoms with van der Waals surface area (Å²) in [6.07, 6.45) is 0. The van der Waals surface area contributed by atoms with Gasteiger partial charge in [-0.3, -0.25) is 10.2 Å². The molecule has 0 saturated carbocycles. The van der Waals surface area contributed by atoms with Crippen molar-refractivity contribution in [3.05, 3.63) is 51.3 Å². The normalized spacial score (nSPS) is 10.7. The minimum Gasteiger partial charge on any atom is -0.384 e. The molecule has 0 aliphatic heterocycles. The number of benzene rings is 1. The van der Waals surface area contributed by atoms with Crippen molar-refractivity contribution in [1.29, 1.82) is 5.41 Å². The molecule has 0 saturated heterocycles. The summed E-state index contributed by atoms with van der Waals surface area (Å²) < 4.78 is 6.30. The Labute approximate surface area is 129 Å². The average Bonchev–Trinajstić information content (AvgIpc) is 2.46. The van der Waals surface area contributed by atoms with Gasteiger partial charge in [-0.1, -0.05) is 23.8 Å². The van der Waals surface area contributed by atoms with Gasteiger partial charge in [0.1, 0.15) is 5.84 Å². The van der Waals surface area contributed by atoms with Crippen LogP contribution >= 0.6 is 0 Å². The number of amidine groups is 1. The quantitative estimate of drug-likeness (QED) is 0.645. The second kappa shape index (κ2) is 6.53. The number of hydrogen-bond acceptors (Lipinski definition) is 4. The van der Waals surface area contributed by atoms with Crippen LogP contribution in [-0.2, 0) is 11.3 Å². The Morgan fingerprint density at radius 3 is 2.68 bits per heavy atom. The molecule has 0 fully saturated rings. The summed E-state index contributed by atoms with van der Waals surface area (Å²) in [5, 5.41) is 12.0. The van der Waals surface area contributed by atoms with E-state index in [9.17, 15) is 4.79 Å². The predicted octanol–water partition coefficient (Wildman–Crippen LogP) is 1.46. The van der Waals surface area contributed by atoms with Gasteiger partial charge in [-0.2, -0.15) is 5.10 Å². The fraction of sp³-hybridized carbons (Fsp3) is 0.312. The third-order valence-electron chi connectivity index (χ3n) is 3.43. The molecular weight excluding hydrogens is 280 g/mol. The first-order chi connectivity index (χ1) is 10.4. The van der Waals surface area contributed by atoms with Crippen LogP contribution in [0.25, 0.3) is 11.3 Å². The molecule has 0 amide bonds. The highest BCUT2D eigenvalue weighted by Crippen LogP contribution is 2.22. The van der Waals surface area contributed by atoms with Gasteiger partial charge in [0.2, 0.25) is 0 Å². The van der Waals surface area contributed by atoms with E-state index in [1.54, 1.807) is 13.2 Å². The van der Waals surface area contributed by atoms with Crippen LogP contribution in [0.2, 0.25) is 0 Å². The van der Waals surface area contributed by atoms with Crippen molar-refractivity contribution in [2.24, 2.45) is 5.73 Å². The summed E-state index contributed by atoms with van der Waals surface area (Å²) in [6, 6.07) is 7.57. The second-order valence-electron chi connectivity index (χ2n) is 5.20. The maximum Gasteiger partial charge on any atom is 0.277 e. The molecule has 1 aromatic heterocycles. The predicted molar refractivity (Wildman–Crippen MR) is 86.3 cm³/mol. The highest BCUT2D eigenvalue weighted by molar-refractivity contribution is 5.95. The number of nitrogen functional groups attached to an aromatic ring is 1. The minimum absolute atomic E-state index is 0.154. The molecule has 0 aliphatic carbocycles. The van der Waals surface area contributed by atoms with Crippen LogP contribution in [0.4, 0.5) is 0 Å². The maximum atomic E-state index is 12.3. The minimum atomic E-state index is -0.377. The molecule has 0 unspecified atom stereocenters. The van der Waals surface area contributed by atoms with E-state index >= 15 is 0 Å². The SMILES string of the molecule is COCCn1nc(-c2ccc(C)cc2C)cc(C(=N)N)c1=O.